The quantitative estimate of drug-likeness (QED) is 0.709. The Hall–Kier alpha value is -2.52. The van der Waals surface area contributed by atoms with Crippen LogP contribution in [0.5, 0.6) is 11.5 Å². The molecule has 1 N–H and O–H groups in total. The number of ether oxygens (including phenoxy) is 2. The molecule has 27 heavy (non-hydrogen) atoms. The Labute approximate surface area is 163 Å². The third-order valence-electron chi connectivity index (χ3n) is 3.62. The van der Waals surface area contributed by atoms with Gasteiger partial charge in [-0.2, -0.15) is 0 Å². The molecule has 0 saturated heterocycles. The number of nitrogens with one attached hydrogen (secondary N) is 1. The first-order chi connectivity index (χ1) is 12.8. The van der Waals surface area contributed by atoms with Crippen molar-refractivity contribution in [3.63, 3.8) is 0 Å². The molecule has 1 aromatic carbocycles. The first-order valence-electron chi connectivity index (χ1n) is 7.81. The van der Waals surface area contributed by atoms with Crippen molar-refractivity contribution in [2.75, 3.05) is 31.3 Å². The SMILES string of the molecule is COc1cc(N(CC(=O)NCc2cccnc2)S(C)(=O)=O)c(OC)cc1Cl. The number of pyridine rings is 1. The standard InChI is InChI=1S/C17H20ClN3O5S/c1-25-15-8-14(16(26-2)7-13(15)18)21(27(3,23)24)11-17(22)20-10-12-5-4-6-19-9-12/h4-9H,10-11H2,1-3H3,(H,20,22). The van der Waals surface area contributed by atoms with Gasteiger partial charge in [0.05, 0.1) is 31.2 Å². The smallest absolute Gasteiger partial charge is 0.241 e. The van der Waals surface area contributed by atoms with E-state index in [0.717, 1.165) is 16.1 Å². The largest absolute Gasteiger partial charge is 0.495 e. The molecular weight excluding hydrogens is 394 g/mol. The predicted molar refractivity (Wildman–Crippen MR) is 103 cm³/mol. The van der Waals surface area contributed by atoms with Crippen LogP contribution in [0.2, 0.25) is 5.02 Å². The number of rotatable bonds is 8. The van der Waals surface area contributed by atoms with Crippen LogP contribution in [-0.4, -0.2) is 46.3 Å². The van der Waals surface area contributed by atoms with Crippen molar-refractivity contribution in [3.8, 4) is 11.5 Å². The molecule has 1 amide bonds. The minimum atomic E-state index is -3.78. The molecular formula is C17H20ClN3O5S. The first kappa shape index (κ1) is 20.8. The summed E-state index contributed by atoms with van der Waals surface area (Å²) >= 11 is 6.06. The number of carbonyl (C=O) groups is 1. The number of hydrogen-bond acceptors (Lipinski definition) is 6. The third kappa shape index (κ3) is 5.48. The summed E-state index contributed by atoms with van der Waals surface area (Å²) in [6.07, 6.45) is 4.24. The molecule has 8 nitrogen and oxygen atoms in total. The number of carbonyl (C=O) groups excluding carboxylic acids is 1. The lowest BCUT2D eigenvalue weighted by atomic mass is 10.2. The average Bonchev–Trinajstić information content (AvgIpc) is 2.64. The molecule has 2 rings (SSSR count). The summed E-state index contributed by atoms with van der Waals surface area (Å²) in [6.45, 7) is -0.203. The van der Waals surface area contributed by atoms with E-state index in [2.05, 4.69) is 10.3 Å². The molecule has 0 aliphatic carbocycles. The highest BCUT2D eigenvalue weighted by Crippen LogP contribution is 2.38. The number of halogens is 1. The Morgan fingerprint density at radius 1 is 1.26 bits per heavy atom. The van der Waals surface area contributed by atoms with E-state index in [4.69, 9.17) is 21.1 Å². The zero-order valence-electron chi connectivity index (χ0n) is 15.1. The molecule has 1 aromatic heterocycles. The summed E-state index contributed by atoms with van der Waals surface area (Å²) in [5.41, 5.74) is 0.945. The van der Waals surface area contributed by atoms with Crippen LogP contribution in [0.1, 0.15) is 5.56 Å². The van der Waals surface area contributed by atoms with Crippen LogP contribution in [0.15, 0.2) is 36.7 Å². The van der Waals surface area contributed by atoms with Crippen molar-refractivity contribution in [1.29, 1.82) is 0 Å². The zero-order valence-corrected chi connectivity index (χ0v) is 16.7. The Morgan fingerprint density at radius 2 is 1.96 bits per heavy atom. The van der Waals surface area contributed by atoms with Gasteiger partial charge in [-0.25, -0.2) is 8.42 Å². The van der Waals surface area contributed by atoms with Crippen LogP contribution in [-0.2, 0) is 21.4 Å². The van der Waals surface area contributed by atoms with Crippen molar-refractivity contribution in [2.24, 2.45) is 0 Å². The Balaban J connectivity index is 2.27. The Morgan fingerprint density at radius 3 is 2.52 bits per heavy atom. The zero-order chi connectivity index (χ0) is 20.0. The molecule has 0 fully saturated rings. The van der Waals surface area contributed by atoms with Crippen molar-refractivity contribution in [1.82, 2.24) is 10.3 Å². The topological polar surface area (TPSA) is 97.8 Å². The molecule has 1 heterocycles. The predicted octanol–water partition coefficient (Wildman–Crippen LogP) is 1.83. The fourth-order valence-electron chi connectivity index (χ4n) is 2.31. The van der Waals surface area contributed by atoms with Gasteiger partial charge in [0.2, 0.25) is 15.9 Å². The number of benzene rings is 1. The molecule has 0 radical (unpaired) electrons. The summed E-state index contributed by atoms with van der Waals surface area (Å²) in [5.74, 6) is -0.0246. The molecule has 0 unspecified atom stereocenters. The maximum absolute atomic E-state index is 12.3. The van der Waals surface area contributed by atoms with Crippen LogP contribution >= 0.6 is 11.6 Å². The van der Waals surface area contributed by atoms with E-state index < -0.39 is 22.5 Å². The van der Waals surface area contributed by atoms with Crippen molar-refractivity contribution >= 4 is 33.2 Å². The summed E-state index contributed by atoms with van der Waals surface area (Å²) in [7, 11) is -1.000. The molecule has 0 spiro atoms. The lowest BCUT2D eigenvalue weighted by Crippen LogP contribution is -2.40. The molecule has 0 bridgehead atoms. The number of sulfonamides is 1. The molecule has 0 atom stereocenters. The van der Waals surface area contributed by atoms with Crippen LogP contribution < -0.4 is 19.1 Å². The summed E-state index contributed by atoms with van der Waals surface area (Å²) in [4.78, 5) is 16.3. The molecule has 0 aliphatic heterocycles. The molecule has 146 valence electrons. The van der Waals surface area contributed by atoms with Crippen LogP contribution in [0, 0.1) is 0 Å². The van der Waals surface area contributed by atoms with E-state index in [1.54, 1.807) is 24.5 Å². The van der Waals surface area contributed by atoms with E-state index in [9.17, 15) is 13.2 Å². The van der Waals surface area contributed by atoms with Crippen molar-refractivity contribution in [3.05, 3.63) is 47.2 Å². The van der Waals surface area contributed by atoms with E-state index >= 15 is 0 Å². The monoisotopic (exact) mass is 413 g/mol. The second kappa shape index (κ2) is 8.92. The van der Waals surface area contributed by atoms with Gasteiger partial charge in [-0.3, -0.25) is 14.1 Å². The molecule has 0 aliphatic rings. The van der Waals surface area contributed by atoms with Crippen LogP contribution in [0.25, 0.3) is 0 Å². The second-order valence-corrected chi connectivity index (χ2v) is 7.88. The number of nitrogens with zero attached hydrogens (tertiary/aromatic N) is 2. The molecule has 10 heteroatoms. The first-order valence-corrected chi connectivity index (χ1v) is 10.0. The maximum Gasteiger partial charge on any atom is 0.241 e. The number of anilines is 1. The van der Waals surface area contributed by atoms with Crippen LogP contribution in [0.4, 0.5) is 5.69 Å². The van der Waals surface area contributed by atoms with Gasteiger partial charge >= 0.3 is 0 Å². The van der Waals surface area contributed by atoms with Gasteiger partial charge in [0.15, 0.2) is 0 Å². The minimum absolute atomic E-state index is 0.151. The summed E-state index contributed by atoms with van der Waals surface area (Å²) in [6, 6.07) is 6.39. The highest BCUT2D eigenvalue weighted by atomic mass is 35.5. The Bertz CT molecular complexity index is 906. The van der Waals surface area contributed by atoms with E-state index in [0.29, 0.717) is 0 Å². The lowest BCUT2D eigenvalue weighted by molar-refractivity contribution is -0.119. The maximum atomic E-state index is 12.3. The van der Waals surface area contributed by atoms with Gasteiger partial charge in [0.1, 0.15) is 18.0 Å². The highest BCUT2D eigenvalue weighted by molar-refractivity contribution is 7.92. The van der Waals surface area contributed by atoms with Gasteiger partial charge in [-0.15, -0.1) is 0 Å². The fraction of sp³-hybridized carbons (Fsp3) is 0.294. The van der Waals surface area contributed by atoms with Gasteiger partial charge < -0.3 is 14.8 Å². The fourth-order valence-corrected chi connectivity index (χ4v) is 3.39. The number of methoxy groups -OCH3 is 2. The van der Waals surface area contributed by atoms with Gasteiger partial charge in [-0.1, -0.05) is 17.7 Å². The normalized spacial score (nSPS) is 11.0. The number of hydrogen-bond donors (Lipinski definition) is 1. The number of amides is 1. The van der Waals surface area contributed by atoms with E-state index in [-0.39, 0.29) is 28.8 Å². The number of aromatic nitrogens is 1. The van der Waals surface area contributed by atoms with Gasteiger partial charge in [0.25, 0.3) is 0 Å². The van der Waals surface area contributed by atoms with Crippen molar-refractivity contribution in [2.45, 2.75) is 6.54 Å². The van der Waals surface area contributed by atoms with Gasteiger partial charge in [0, 0.05) is 31.1 Å². The van der Waals surface area contributed by atoms with Crippen molar-refractivity contribution < 1.29 is 22.7 Å². The molecule has 0 saturated carbocycles. The van der Waals surface area contributed by atoms with Crippen LogP contribution in [0.3, 0.4) is 0 Å². The minimum Gasteiger partial charge on any atom is -0.495 e. The van der Waals surface area contributed by atoms with Gasteiger partial charge in [-0.05, 0) is 11.6 Å². The second-order valence-electron chi connectivity index (χ2n) is 5.57. The average molecular weight is 414 g/mol. The van der Waals surface area contributed by atoms with E-state index in [1.807, 2.05) is 0 Å². The Kier molecular flexibility index (Phi) is 6.86. The third-order valence-corrected chi connectivity index (χ3v) is 5.04. The lowest BCUT2D eigenvalue weighted by Gasteiger charge is -2.24. The summed E-state index contributed by atoms with van der Waals surface area (Å²) in [5, 5.41) is 2.92. The highest BCUT2D eigenvalue weighted by Gasteiger charge is 2.25. The van der Waals surface area contributed by atoms with E-state index in [1.165, 1.54) is 26.4 Å². The summed E-state index contributed by atoms with van der Waals surface area (Å²) < 4.78 is 35.9. The molecule has 2 aromatic rings.